The van der Waals surface area contributed by atoms with Crippen LogP contribution in [0.2, 0.25) is 10.0 Å². The van der Waals surface area contributed by atoms with Crippen LogP contribution in [0, 0.1) is 0 Å². The Labute approximate surface area is 96.5 Å². The van der Waals surface area contributed by atoms with Crippen LogP contribution >= 0.6 is 33.9 Å². The average Bonchev–Trinajstić information content (AvgIpc) is 2.02. The van der Waals surface area contributed by atoms with Crippen LogP contribution in [0.1, 0.15) is 10.4 Å². The van der Waals surface area contributed by atoms with E-state index in [-0.39, 0.29) is 20.5 Å². The molecule has 76 valence electrons. The third-order valence-electron chi connectivity index (χ3n) is 1.44. The molecule has 7 heteroatoms. The summed E-state index contributed by atoms with van der Waals surface area (Å²) in [7, 11) is 3.43. The smallest absolute Gasteiger partial charge is 0.338 e. The van der Waals surface area contributed by atoms with Crippen LogP contribution in [0.4, 0.5) is 0 Å². The predicted molar refractivity (Wildman–Crippen MR) is 55.7 cm³/mol. The maximum Gasteiger partial charge on any atom is 0.338 e. The van der Waals surface area contributed by atoms with E-state index in [0.29, 0.717) is 0 Å². The number of carbonyl (C=O) groups is 1. The molecule has 0 saturated carbocycles. The average molecular weight is 274 g/mol. The molecule has 1 unspecified atom stereocenters. The Morgan fingerprint density at radius 2 is 1.93 bits per heavy atom. The number of benzene rings is 1. The Morgan fingerprint density at radius 3 is 2.36 bits per heavy atom. The molecule has 0 radical (unpaired) electrons. The summed E-state index contributed by atoms with van der Waals surface area (Å²) >= 11 is 11.3. The Bertz CT molecular complexity index is 419. The third kappa shape index (κ3) is 2.20. The molecule has 3 nitrogen and oxygen atoms in total. The van der Waals surface area contributed by atoms with Crippen LogP contribution in [0.3, 0.4) is 0 Å². The maximum absolute atomic E-state index is 10.9. The predicted octanol–water partition coefficient (Wildman–Crippen LogP) is 2.95. The Kier molecular flexibility index (Phi) is 3.78. The molecular weight excluding hydrogens is 270 g/mol. The zero-order valence-electron chi connectivity index (χ0n) is 6.46. The van der Waals surface area contributed by atoms with Gasteiger partial charge < -0.3 is 5.11 Å². The number of carboxylic acids is 1. The lowest BCUT2D eigenvalue weighted by Crippen LogP contribution is -2.01. The van der Waals surface area contributed by atoms with Gasteiger partial charge in [-0.25, -0.2) is 9.00 Å². The van der Waals surface area contributed by atoms with Gasteiger partial charge in [0.15, 0.2) is 0 Å². The van der Waals surface area contributed by atoms with Gasteiger partial charge in [-0.3, -0.25) is 0 Å². The fourth-order valence-corrected chi connectivity index (χ4v) is 2.52. The SMILES string of the molecule is O=C(O)c1c(Cl)ccc(S(=O)Cl)c1Cl. The van der Waals surface area contributed by atoms with Gasteiger partial charge in [-0.05, 0) is 22.8 Å². The molecular formula is C7H3Cl3O3S. The minimum atomic E-state index is -1.86. The van der Waals surface area contributed by atoms with E-state index in [1.807, 2.05) is 0 Å². The van der Waals surface area contributed by atoms with Crippen LogP contribution in [-0.4, -0.2) is 15.3 Å². The lowest BCUT2D eigenvalue weighted by atomic mass is 10.2. The van der Waals surface area contributed by atoms with Crippen LogP contribution in [-0.2, 0) is 10.0 Å². The topological polar surface area (TPSA) is 54.4 Å². The highest BCUT2D eigenvalue weighted by atomic mass is 35.7. The minimum absolute atomic E-state index is 0.0200. The molecule has 14 heavy (non-hydrogen) atoms. The van der Waals surface area contributed by atoms with E-state index in [2.05, 4.69) is 0 Å². The Balaban J connectivity index is 3.49. The summed E-state index contributed by atoms with van der Waals surface area (Å²) in [4.78, 5) is 10.7. The molecule has 0 aliphatic rings. The first-order valence-electron chi connectivity index (χ1n) is 3.24. The summed E-state index contributed by atoms with van der Waals surface area (Å²) < 4.78 is 10.9. The summed E-state index contributed by atoms with van der Waals surface area (Å²) in [6, 6.07) is 2.60. The van der Waals surface area contributed by atoms with Crippen molar-refractivity contribution < 1.29 is 14.1 Å². The van der Waals surface area contributed by atoms with Crippen molar-refractivity contribution in [1.29, 1.82) is 0 Å². The number of hydrogen-bond donors (Lipinski definition) is 1. The standard InChI is InChI=1S/C7H3Cl3O3S/c8-3-1-2-4(14(10)13)6(9)5(3)7(11)12/h1-2H,(H,11,12). The van der Waals surface area contributed by atoms with Crippen molar-refractivity contribution in [2.45, 2.75) is 4.90 Å². The summed E-state index contributed by atoms with van der Waals surface area (Å²) in [5, 5.41) is 8.53. The first-order chi connectivity index (χ1) is 6.45. The largest absolute Gasteiger partial charge is 0.478 e. The van der Waals surface area contributed by atoms with Gasteiger partial charge in [-0.2, -0.15) is 0 Å². The van der Waals surface area contributed by atoms with E-state index in [1.54, 1.807) is 0 Å². The van der Waals surface area contributed by atoms with Crippen LogP contribution in [0.5, 0.6) is 0 Å². The lowest BCUT2D eigenvalue weighted by molar-refractivity contribution is 0.0697. The molecule has 0 fully saturated rings. The van der Waals surface area contributed by atoms with Crippen molar-refractivity contribution >= 4 is 49.9 Å². The van der Waals surface area contributed by atoms with Gasteiger partial charge in [0.1, 0.15) is 10.0 Å². The first kappa shape index (κ1) is 11.8. The van der Waals surface area contributed by atoms with E-state index in [1.165, 1.54) is 12.1 Å². The Morgan fingerprint density at radius 1 is 1.36 bits per heavy atom. The summed E-state index contributed by atoms with van der Waals surface area (Å²) in [5.41, 5.74) is -0.292. The van der Waals surface area contributed by atoms with Crippen molar-refractivity contribution in [3.63, 3.8) is 0 Å². The second kappa shape index (κ2) is 4.49. The molecule has 1 rings (SSSR count). The zero-order chi connectivity index (χ0) is 10.9. The molecule has 1 aromatic rings. The van der Waals surface area contributed by atoms with Gasteiger partial charge in [0.2, 0.25) is 0 Å². The third-order valence-corrected chi connectivity index (χ3v) is 3.45. The van der Waals surface area contributed by atoms with Crippen LogP contribution < -0.4 is 0 Å². The maximum atomic E-state index is 10.9. The fraction of sp³-hybridized carbons (Fsp3) is 0. The van der Waals surface area contributed by atoms with Gasteiger partial charge in [0.25, 0.3) is 0 Å². The number of hydrogen-bond acceptors (Lipinski definition) is 2. The molecule has 0 heterocycles. The van der Waals surface area contributed by atoms with Crippen molar-refractivity contribution in [2.75, 3.05) is 0 Å². The molecule has 0 aromatic heterocycles. The quantitative estimate of drug-likeness (QED) is 0.843. The number of halogens is 3. The van der Waals surface area contributed by atoms with Gasteiger partial charge >= 0.3 is 5.97 Å². The highest BCUT2D eigenvalue weighted by Gasteiger charge is 2.18. The fourth-order valence-electron chi connectivity index (χ4n) is 0.853. The highest BCUT2D eigenvalue weighted by Crippen LogP contribution is 2.31. The van der Waals surface area contributed by atoms with E-state index in [0.717, 1.165) is 0 Å². The molecule has 0 aliphatic heterocycles. The molecule has 1 aromatic carbocycles. The van der Waals surface area contributed by atoms with E-state index < -0.39 is 16.0 Å². The van der Waals surface area contributed by atoms with E-state index in [9.17, 15) is 9.00 Å². The number of rotatable bonds is 2. The molecule has 0 aliphatic carbocycles. The minimum Gasteiger partial charge on any atom is -0.478 e. The molecule has 0 bridgehead atoms. The lowest BCUT2D eigenvalue weighted by Gasteiger charge is -2.04. The zero-order valence-corrected chi connectivity index (χ0v) is 9.54. The van der Waals surface area contributed by atoms with Crippen molar-refractivity contribution in [3.05, 3.63) is 27.7 Å². The van der Waals surface area contributed by atoms with Gasteiger partial charge in [0.05, 0.1) is 20.5 Å². The van der Waals surface area contributed by atoms with Gasteiger partial charge in [0, 0.05) is 0 Å². The van der Waals surface area contributed by atoms with Crippen molar-refractivity contribution in [1.82, 2.24) is 0 Å². The first-order valence-corrected chi connectivity index (χ1v) is 5.97. The monoisotopic (exact) mass is 272 g/mol. The number of carboxylic acid groups (broad SMARTS) is 1. The van der Waals surface area contributed by atoms with Gasteiger partial charge in [-0.15, -0.1) is 0 Å². The van der Waals surface area contributed by atoms with Crippen LogP contribution in [0.15, 0.2) is 17.0 Å². The van der Waals surface area contributed by atoms with Crippen molar-refractivity contribution in [3.8, 4) is 0 Å². The normalized spacial score (nSPS) is 12.5. The number of aromatic carboxylic acids is 1. The van der Waals surface area contributed by atoms with Crippen LogP contribution in [0.25, 0.3) is 0 Å². The second-order valence-electron chi connectivity index (χ2n) is 2.26. The Hall–Kier alpha value is -0.290. The molecule has 1 N–H and O–H groups in total. The molecule has 0 saturated heterocycles. The summed E-state index contributed by atoms with van der Waals surface area (Å²) in [6.07, 6.45) is 0. The second-order valence-corrected chi connectivity index (χ2v) is 4.78. The summed E-state index contributed by atoms with van der Waals surface area (Å²) in [6.45, 7) is 0. The van der Waals surface area contributed by atoms with Gasteiger partial charge in [-0.1, -0.05) is 23.2 Å². The summed E-state index contributed by atoms with van der Waals surface area (Å²) in [5.74, 6) is -1.29. The molecule has 0 amide bonds. The van der Waals surface area contributed by atoms with Crippen molar-refractivity contribution in [2.24, 2.45) is 0 Å². The van der Waals surface area contributed by atoms with E-state index in [4.69, 9.17) is 39.0 Å². The highest BCUT2D eigenvalue weighted by molar-refractivity contribution is 8.08. The molecule has 0 spiro atoms. The molecule has 1 atom stereocenters. The van der Waals surface area contributed by atoms with E-state index >= 15 is 0 Å².